The number of nitrogens with zero attached hydrogens (tertiary/aromatic N) is 1. The molecule has 0 unspecified atom stereocenters. The average molecular weight is 214 g/mol. The molecule has 6 heteroatoms. The second-order valence-corrected chi connectivity index (χ2v) is 4.26. The predicted molar refractivity (Wildman–Crippen MR) is 49.8 cm³/mol. The lowest BCUT2D eigenvalue weighted by atomic mass is 10.2. The Morgan fingerprint density at radius 3 is 3.00 bits per heavy atom. The molecular weight excluding hydrogens is 207 g/mol. The van der Waals surface area contributed by atoms with Crippen LogP contribution in [-0.2, 0) is 16.0 Å². The van der Waals surface area contributed by atoms with Crippen molar-refractivity contribution in [3.8, 4) is 0 Å². The van der Waals surface area contributed by atoms with Crippen LogP contribution in [0, 0.1) is 0 Å². The van der Waals surface area contributed by atoms with Crippen molar-refractivity contribution in [1.82, 2.24) is 9.97 Å². The third-order valence-corrected chi connectivity index (χ3v) is 2.52. The van der Waals surface area contributed by atoms with E-state index in [2.05, 4.69) is 9.97 Å². The zero-order valence-corrected chi connectivity index (χ0v) is 7.88. The molecule has 0 aliphatic heterocycles. The Morgan fingerprint density at radius 2 is 2.29 bits per heavy atom. The molecule has 0 amide bonds. The van der Waals surface area contributed by atoms with E-state index in [0.717, 1.165) is 0 Å². The van der Waals surface area contributed by atoms with Crippen LogP contribution in [0.2, 0.25) is 0 Å². The van der Waals surface area contributed by atoms with Crippen LogP contribution in [-0.4, -0.2) is 18.4 Å². The number of aromatic amines is 1. The van der Waals surface area contributed by atoms with Gasteiger partial charge in [0.2, 0.25) is 0 Å². The van der Waals surface area contributed by atoms with Crippen molar-refractivity contribution in [3.05, 3.63) is 30.1 Å². The molecular formula is C8H7FN2O2S. The molecule has 0 bridgehead atoms. The van der Waals surface area contributed by atoms with E-state index in [1.54, 1.807) is 18.3 Å². The third kappa shape index (κ3) is 1.74. The molecule has 2 heterocycles. The molecule has 74 valence electrons. The van der Waals surface area contributed by atoms with Crippen LogP contribution in [0.3, 0.4) is 0 Å². The van der Waals surface area contributed by atoms with E-state index in [-0.39, 0.29) is 0 Å². The Morgan fingerprint density at radius 1 is 1.50 bits per heavy atom. The van der Waals surface area contributed by atoms with Gasteiger partial charge in [-0.1, -0.05) is 0 Å². The van der Waals surface area contributed by atoms with Gasteiger partial charge in [0.05, 0.1) is 0 Å². The highest BCUT2D eigenvalue weighted by Gasteiger charge is 2.12. The van der Waals surface area contributed by atoms with Gasteiger partial charge in [-0.05, 0) is 17.7 Å². The van der Waals surface area contributed by atoms with Gasteiger partial charge in [-0.2, -0.15) is 8.42 Å². The highest BCUT2D eigenvalue weighted by atomic mass is 32.3. The lowest BCUT2D eigenvalue weighted by Crippen LogP contribution is -1.94. The summed E-state index contributed by atoms with van der Waals surface area (Å²) in [4.78, 5) is 6.73. The average Bonchev–Trinajstić information content (AvgIpc) is 2.47. The van der Waals surface area contributed by atoms with Crippen molar-refractivity contribution in [1.29, 1.82) is 0 Å². The minimum Gasteiger partial charge on any atom is -0.346 e. The molecule has 0 aliphatic carbocycles. The molecule has 0 saturated heterocycles. The molecule has 0 spiro atoms. The van der Waals surface area contributed by atoms with E-state index < -0.39 is 16.0 Å². The van der Waals surface area contributed by atoms with Crippen LogP contribution in [0.1, 0.15) is 5.56 Å². The largest absolute Gasteiger partial charge is 0.346 e. The van der Waals surface area contributed by atoms with Gasteiger partial charge in [-0.15, -0.1) is 3.89 Å². The van der Waals surface area contributed by atoms with E-state index in [0.29, 0.717) is 16.6 Å². The summed E-state index contributed by atoms with van der Waals surface area (Å²) in [5.74, 6) is -0.612. The van der Waals surface area contributed by atoms with Crippen molar-refractivity contribution < 1.29 is 12.3 Å². The monoisotopic (exact) mass is 214 g/mol. The Labute approximate surface area is 80.0 Å². The van der Waals surface area contributed by atoms with Gasteiger partial charge in [0.1, 0.15) is 11.4 Å². The zero-order valence-electron chi connectivity index (χ0n) is 7.07. The summed E-state index contributed by atoms with van der Waals surface area (Å²) in [6, 6.07) is 3.36. The number of fused-ring (bicyclic) bond motifs is 1. The Kier molecular flexibility index (Phi) is 1.99. The molecule has 0 fully saturated rings. The summed E-state index contributed by atoms with van der Waals surface area (Å²) < 4.78 is 33.3. The molecule has 0 aliphatic rings. The van der Waals surface area contributed by atoms with Crippen molar-refractivity contribution in [3.63, 3.8) is 0 Å². The number of rotatable bonds is 2. The molecule has 4 nitrogen and oxygen atoms in total. The molecule has 2 aromatic rings. The SMILES string of the molecule is O=S(=O)(F)Cc1c[nH]c2ncccc12. The van der Waals surface area contributed by atoms with Crippen molar-refractivity contribution in [2.75, 3.05) is 0 Å². The van der Waals surface area contributed by atoms with Gasteiger partial charge >= 0.3 is 10.2 Å². The number of halogens is 1. The maximum atomic E-state index is 12.4. The second kappa shape index (κ2) is 3.06. The predicted octanol–water partition coefficient (Wildman–Crippen LogP) is 1.36. The maximum Gasteiger partial charge on any atom is 0.306 e. The maximum absolute atomic E-state index is 12.4. The van der Waals surface area contributed by atoms with Gasteiger partial charge < -0.3 is 4.98 Å². The van der Waals surface area contributed by atoms with Crippen LogP contribution in [0.4, 0.5) is 3.89 Å². The van der Waals surface area contributed by atoms with E-state index in [9.17, 15) is 12.3 Å². The summed E-state index contributed by atoms with van der Waals surface area (Å²) >= 11 is 0. The third-order valence-electron chi connectivity index (χ3n) is 1.86. The lowest BCUT2D eigenvalue weighted by Gasteiger charge is -1.92. The Balaban J connectivity index is 2.54. The van der Waals surface area contributed by atoms with Crippen molar-refractivity contribution in [2.45, 2.75) is 5.75 Å². The number of aromatic nitrogens is 2. The molecule has 2 rings (SSSR count). The van der Waals surface area contributed by atoms with Gasteiger partial charge in [0.25, 0.3) is 0 Å². The summed E-state index contributed by atoms with van der Waals surface area (Å²) in [5, 5.41) is 0.633. The van der Waals surface area contributed by atoms with E-state index in [4.69, 9.17) is 0 Å². The van der Waals surface area contributed by atoms with E-state index in [1.165, 1.54) is 6.20 Å². The number of pyridine rings is 1. The fourth-order valence-electron chi connectivity index (χ4n) is 1.32. The minimum absolute atomic E-state index is 0.399. The first-order chi connectivity index (χ1) is 6.56. The normalized spacial score (nSPS) is 12.1. The molecule has 0 radical (unpaired) electrons. The standard InChI is InChI=1S/C8H7FN2O2S/c9-14(12,13)5-6-4-11-8-7(6)2-1-3-10-8/h1-4H,5H2,(H,10,11). The zero-order chi connectivity index (χ0) is 10.2. The Bertz CT molecular complexity index is 561. The molecule has 0 aromatic carbocycles. The summed E-state index contributed by atoms with van der Waals surface area (Å²) in [6.07, 6.45) is 3.03. The second-order valence-electron chi connectivity index (χ2n) is 2.90. The van der Waals surface area contributed by atoms with Crippen molar-refractivity contribution >= 4 is 21.3 Å². The van der Waals surface area contributed by atoms with Gasteiger partial charge in [-0.3, -0.25) is 0 Å². The highest BCUT2D eigenvalue weighted by Crippen LogP contribution is 2.18. The lowest BCUT2D eigenvalue weighted by molar-refractivity contribution is 0.551. The minimum atomic E-state index is -4.49. The first-order valence-electron chi connectivity index (χ1n) is 3.89. The number of H-pyrrole nitrogens is 1. The number of hydrogen-bond acceptors (Lipinski definition) is 3. The first-order valence-corrected chi connectivity index (χ1v) is 5.45. The first kappa shape index (κ1) is 9.14. The Hall–Kier alpha value is -1.43. The van der Waals surface area contributed by atoms with Crippen LogP contribution >= 0.6 is 0 Å². The van der Waals surface area contributed by atoms with Gasteiger partial charge in [-0.25, -0.2) is 4.98 Å². The molecule has 0 atom stereocenters. The fourth-order valence-corrected chi connectivity index (χ4v) is 1.93. The summed E-state index contributed by atoms with van der Waals surface area (Å²) in [5.41, 5.74) is 0.960. The van der Waals surface area contributed by atoms with Gasteiger partial charge in [0, 0.05) is 17.8 Å². The molecule has 2 aromatic heterocycles. The summed E-state index contributed by atoms with van der Waals surface area (Å²) in [7, 11) is -4.49. The topological polar surface area (TPSA) is 62.8 Å². The highest BCUT2D eigenvalue weighted by molar-refractivity contribution is 7.85. The van der Waals surface area contributed by atoms with Crippen molar-refractivity contribution in [2.24, 2.45) is 0 Å². The summed E-state index contributed by atoms with van der Waals surface area (Å²) in [6.45, 7) is 0. The van der Waals surface area contributed by atoms with Crippen LogP contribution in [0.25, 0.3) is 11.0 Å². The quantitative estimate of drug-likeness (QED) is 0.768. The number of nitrogens with one attached hydrogen (secondary N) is 1. The fraction of sp³-hybridized carbons (Fsp3) is 0.125. The van der Waals surface area contributed by atoms with Crippen LogP contribution < -0.4 is 0 Å². The smallest absolute Gasteiger partial charge is 0.306 e. The van der Waals surface area contributed by atoms with Crippen LogP contribution in [0.15, 0.2) is 24.5 Å². The molecule has 14 heavy (non-hydrogen) atoms. The molecule has 1 N–H and O–H groups in total. The molecule has 0 saturated carbocycles. The number of hydrogen-bond donors (Lipinski definition) is 1. The van der Waals surface area contributed by atoms with Gasteiger partial charge in [0.15, 0.2) is 0 Å². The van der Waals surface area contributed by atoms with Crippen LogP contribution in [0.5, 0.6) is 0 Å². The van der Waals surface area contributed by atoms with E-state index in [1.807, 2.05) is 0 Å². The van der Waals surface area contributed by atoms with E-state index >= 15 is 0 Å².